The van der Waals surface area contributed by atoms with Crippen molar-refractivity contribution in [3.05, 3.63) is 35.4 Å². The van der Waals surface area contributed by atoms with Gasteiger partial charge < -0.3 is 10.6 Å². The van der Waals surface area contributed by atoms with Gasteiger partial charge in [-0.2, -0.15) is 0 Å². The van der Waals surface area contributed by atoms with Gasteiger partial charge in [0.15, 0.2) is 0 Å². The Morgan fingerprint density at radius 2 is 2.05 bits per heavy atom. The van der Waals surface area contributed by atoms with Crippen molar-refractivity contribution in [3.63, 3.8) is 0 Å². The highest BCUT2D eigenvalue weighted by atomic mass is 35.5. The zero-order valence-electron chi connectivity index (χ0n) is 11.0. The van der Waals surface area contributed by atoms with E-state index in [0.717, 1.165) is 18.2 Å². The van der Waals surface area contributed by atoms with Gasteiger partial charge in [0.1, 0.15) is 11.6 Å². The molecule has 1 aromatic carbocycles. The third kappa shape index (κ3) is 5.53. The summed E-state index contributed by atoms with van der Waals surface area (Å²) in [6.45, 7) is 2.36. The summed E-state index contributed by atoms with van der Waals surface area (Å²) in [6.07, 6.45) is 0.815. The summed E-state index contributed by atoms with van der Waals surface area (Å²) < 4.78 is 26.7. The van der Waals surface area contributed by atoms with Crippen molar-refractivity contribution in [3.8, 4) is 0 Å². The molecule has 0 saturated carbocycles. The minimum Gasteiger partial charge on any atom is -0.349 e. The predicted octanol–water partition coefficient (Wildman–Crippen LogP) is 2.56. The third-order valence-corrected chi connectivity index (χ3v) is 2.68. The fourth-order valence-electron chi connectivity index (χ4n) is 1.69. The van der Waals surface area contributed by atoms with Crippen LogP contribution in [0.5, 0.6) is 0 Å². The normalized spacial score (nSPS) is 11.6. The summed E-state index contributed by atoms with van der Waals surface area (Å²) in [7, 11) is 1.75. The predicted molar refractivity (Wildman–Crippen MR) is 73.3 cm³/mol. The molecule has 1 aromatic rings. The summed E-state index contributed by atoms with van der Waals surface area (Å²) in [5.41, 5.74) is 0.190. The SMILES string of the molecule is CCC(NC(=O)CCNC)c1cc(F)ccc1F.Cl. The lowest BCUT2D eigenvalue weighted by molar-refractivity contribution is -0.121. The fraction of sp³-hybridized carbons (Fsp3) is 0.462. The van der Waals surface area contributed by atoms with Gasteiger partial charge in [-0.25, -0.2) is 8.78 Å². The average molecular weight is 293 g/mol. The lowest BCUT2D eigenvalue weighted by atomic mass is 10.0. The standard InChI is InChI=1S/C13H18F2N2O.ClH/c1-3-12(17-13(18)6-7-16-2)10-8-9(14)4-5-11(10)15;/h4-5,8,12,16H,3,6-7H2,1-2H3,(H,17,18);1H. The molecule has 0 aromatic heterocycles. The van der Waals surface area contributed by atoms with E-state index in [0.29, 0.717) is 19.4 Å². The van der Waals surface area contributed by atoms with Crippen LogP contribution in [0.1, 0.15) is 31.4 Å². The second-order valence-electron chi connectivity index (χ2n) is 4.05. The molecule has 0 bridgehead atoms. The second kappa shape index (κ2) is 8.82. The van der Waals surface area contributed by atoms with Gasteiger partial charge in [0.25, 0.3) is 0 Å². The van der Waals surface area contributed by atoms with Crippen LogP contribution >= 0.6 is 12.4 Å². The largest absolute Gasteiger partial charge is 0.349 e. The first-order valence-corrected chi connectivity index (χ1v) is 5.97. The first-order valence-electron chi connectivity index (χ1n) is 5.97. The van der Waals surface area contributed by atoms with Crippen molar-refractivity contribution < 1.29 is 13.6 Å². The number of amides is 1. The van der Waals surface area contributed by atoms with Crippen LogP contribution in [0.25, 0.3) is 0 Å². The van der Waals surface area contributed by atoms with Crippen LogP contribution < -0.4 is 10.6 Å². The Labute approximate surface area is 118 Å². The Hall–Kier alpha value is -1.20. The molecule has 2 N–H and O–H groups in total. The van der Waals surface area contributed by atoms with Crippen LogP contribution in [-0.4, -0.2) is 19.5 Å². The zero-order chi connectivity index (χ0) is 13.5. The minimum atomic E-state index is -0.505. The molecule has 3 nitrogen and oxygen atoms in total. The van der Waals surface area contributed by atoms with Crippen molar-refractivity contribution in [1.29, 1.82) is 0 Å². The van der Waals surface area contributed by atoms with Gasteiger partial charge >= 0.3 is 0 Å². The molecule has 108 valence electrons. The zero-order valence-corrected chi connectivity index (χ0v) is 11.8. The van der Waals surface area contributed by atoms with E-state index in [2.05, 4.69) is 10.6 Å². The number of hydrogen-bond donors (Lipinski definition) is 2. The maximum atomic E-state index is 13.6. The van der Waals surface area contributed by atoms with Gasteiger partial charge in [0.2, 0.25) is 5.91 Å². The number of carbonyl (C=O) groups is 1. The molecule has 1 amide bonds. The van der Waals surface area contributed by atoms with E-state index >= 15 is 0 Å². The monoisotopic (exact) mass is 292 g/mol. The van der Waals surface area contributed by atoms with Gasteiger partial charge in [-0.05, 0) is 31.7 Å². The maximum Gasteiger partial charge on any atom is 0.221 e. The molecule has 0 aliphatic rings. The Morgan fingerprint density at radius 3 is 2.63 bits per heavy atom. The van der Waals surface area contributed by atoms with Crippen molar-refractivity contribution >= 4 is 18.3 Å². The summed E-state index contributed by atoms with van der Waals surface area (Å²) in [4.78, 5) is 11.6. The number of halogens is 3. The van der Waals surface area contributed by atoms with E-state index in [1.54, 1.807) is 7.05 Å². The molecule has 0 radical (unpaired) electrons. The van der Waals surface area contributed by atoms with Gasteiger partial charge in [-0.1, -0.05) is 6.92 Å². The summed E-state index contributed by atoms with van der Waals surface area (Å²) in [5, 5.41) is 5.56. The Bertz CT molecular complexity index is 416. The molecular formula is C13H19ClF2N2O. The van der Waals surface area contributed by atoms with Crippen LogP contribution in [0, 0.1) is 11.6 Å². The van der Waals surface area contributed by atoms with Gasteiger partial charge in [-0.3, -0.25) is 4.79 Å². The number of carbonyl (C=O) groups excluding carboxylic acids is 1. The van der Waals surface area contributed by atoms with E-state index in [1.165, 1.54) is 0 Å². The number of nitrogens with one attached hydrogen (secondary N) is 2. The van der Waals surface area contributed by atoms with E-state index in [-0.39, 0.29) is 23.9 Å². The Kier molecular flexibility index (Phi) is 8.27. The first kappa shape index (κ1) is 17.8. The average Bonchev–Trinajstić information content (AvgIpc) is 2.36. The van der Waals surface area contributed by atoms with Gasteiger partial charge in [0, 0.05) is 18.5 Å². The van der Waals surface area contributed by atoms with Crippen LogP contribution in [-0.2, 0) is 4.79 Å². The highest BCUT2D eigenvalue weighted by Gasteiger charge is 2.16. The molecular weight excluding hydrogens is 274 g/mol. The molecule has 1 rings (SSSR count). The molecule has 0 spiro atoms. The van der Waals surface area contributed by atoms with Gasteiger partial charge in [-0.15, -0.1) is 12.4 Å². The quantitative estimate of drug-likeness (QED) is 0.846. The molecule has 0 aliphatic carbocycles. The Balaban J connectivity index is 0.00000324. The van der Waals surface area contributed by atoms with Crippen molar-refractivity contribution in [2.75, 3.05) is 13.6 Å². The number of benzene rings is 1. The van der Waals surface area contributed by atoms with Crippen molar-refractivity contribution in [1.82, 2.24) is 10.6 Å². The van der Waals surface area contributed by atoms with E-state index < -0.39 is 17.7 Å². The van der Waals surface area contributed by atoms with Gasteiger partial charge in [0.05, 0.1) is 6.04 Å². The molecule has 0 aliphatic heterocycles. The fourth-order valence-corrected chi connectivity index (χ4v) is 1.69. The maximum absolute atomic E-state index is 13.6. The molecule has 19 heavy (non-hydrogen) atoms. The van der Waals surface area contributed by atoms with Crippen LogP contribution in [0.15, 0.2) is 18.2 Å². The van der Waals surface area contributed by atoms with E-state index in [1.807, 2.05) is 6.92 Å². The van der Waals surface area contributed by atoms with Crippen molar-refractivity contribution in [2.24, 2.45) is 0 Å². The lowest BCUT2D eigenvalue weighted by Gasteiger charge is -2.18. The third-order valence-electron chi connectivity index (χ3n) is 2.68. The summed E-state index contributed by atoms with van der Waals surface area (Å²) >= 11 is 0. The summed E-state index contributed by atoms with van der Waals surface area (Å²) in [5.74, 6) is -1.19. The van der Waals surface area contributed by atoms with E-state index in [4.69, 9.17) is 0 Å². The second-order valence-corrected chi connectivity index (χ2v) is 4.05. The van der Waals surface area contributed by atoms with Crippen molar-refractivity contribution in [2.45, 2.75) is 25.8 Å². The highest BCUT2D eigenvalue weighted by Crippen LogP contribution is 2.21. The molecule has 0 fully saturated rings. The molecule has 1 atom stereocenters. The Morgan fingerprint density at radius 1 is 1.37 bits per heavy atom. The molecule has 0 heterocycles. The minimum absolute atomic E-state index is 0. The summed E-state index contributed by atoms with van der Waals surface area (Å²) in [6, 6.07) is 2.77. The number of rotatable bonds is 6. The topological polar surface area (TPSA) is 41.1 Å². The van der Waals surface area contributed by atoms with Crippen LogP contribution in [0.4, 0.5) is 8.78 Å². The molecule has 1 unspecified atom stereocenters. The van der Waals surface area contributed by atoms with Crippen LogP contribution in [0.2, 0.25) is 0 Å². The molecule has 0 saturated heterocycles. The lowest BCUT2D eigenvalue weighted by Crippen LogP contribution is -2.30. The smallest absolute Gasteiger partial charge is 0.221 e. The highest BCUT2D eigenvalue weighted by molar-refractivity contribution is 5.85. The van der Waals surface area contributed by atoms with Crippen LogP contribution in [0.3, 0.4) is 0 Å². The first-order chi connectivity index (χ1) is 8.58. The van der Waals surface area contributed by atoms with E-state index in [9.17, 15) is 13.6 Å². The molecule has 6 heteroatoms. The number of hydrogen-bond acceptors (Lipinski definition) is 2.